The first-order valence-electron chi connectivity index (χ1n) is 7.07. The number of amides is 1. The third-order valence-electron chi connectivity index (χ3n) is 4.46. The first-order valence-corrected chi connectivity index (χ1v) is 7.07. The first kappa shape index (κ1) is 15.4. The lowest BCUT2D eigenvalue weighted by atomic mass is 9.76. The van der Waals surface area contributed by atoms with Crippen LogP contribution in [0.25, 0.3) is 0 Å². The molecule has 1 aliphatic rings. The predicted molar refractivity (Wildman–Crippen MR) is 78.4 cm³/mol. The molecule has 1 aromatic rings. The van der Waals surface area contributed by atoms with Gasteiger partial charge < -0.3 is 14.7 Å². The molecule has 0 bridgehead atoms. The van der Waals surface area contributed by atoms with E-state index in [0.29, 0.717) is 24.3 Å². The predicted octanol–water partition coefficient (Wildman–Crippen LogP) is 2.27. The monoisotopic (exact) mass is 291 g/mol. The maximum absolute atomic E-state index is 12.5. The molecule has 1 N–H and O–H groups in total. The number of carboxylic acid groups (broad SMARTS) is 1. The summed E-state index contributed by atoms with van der Waals surface area (Å²) in [5.74, 6) is -0.261. The second kappa shape index (κ2) is 5.76. The van der Waals surface area contributed by atoms with Gasteiger partial charge in [0, 0.05) is 18.7 Å². The van der Waals surface area contributed by atoms with Crippen molar-refractivity contribution in [3.05, 3.63) is 29.8 Å². The Kier molecular flexibility index (Phi) is 4.21. The molecule has 0 aromatic heterocycles. The summed E-state index contributed by atoms with van der Waals surface area (Å²) in [4.78, 5) is 25.7. The molecule has 1 aliphatic heterocycles. The van der Waals surface area contributed by atoms with Crippen LogP contribution in [-0.4, -0.2) is 42.1 Å². The fraction of sp³-hybridized carbons (Fsp3) is 0.500. The highest BCUT2D eigenvalue weighted by Crippen LogP contribution is 2.38. The van der Waals surface area contributed by atoms with Crippen molar-refractivity contribution in [2.75, 3.05) is 20.2 Å². The van der Waals surface area contributed by atoms with Gasteiger partial charge >= 0.3 is 5.97 Å². The van der Waals surface area contributed by atoms with Gasteiger partial charge in [0.2, 0.25) is 0 Å². The van der Waals surface area contributed by atoms with E-state index in [-0.39, 0.29) is 18.4 Å². The highest BCUT2D eigenvalue weighted by Gasteiger charge is 2.48. The van der Waals surface area contributed by atoms with E-state index in [0.717, 1.165) is 0 Å². The molecule has 1 amide bonds. The lowest BCUT2D eigenvalue weighted by Gasteiger charge is -2.28. The lowest BCUT2D eigenvalue weighted by Crippen LogP contribution is -2.40. The number of rotatable bonds is 4. The molecule has 21 heavy (non-hydrogen) atoms. The fourth-order valence-corrected chi connectivity index (χ4v) is 2.82. The number of carboxylic acids is 1. The van der Waals surface area contributed by atoms with Gasteiger partial charge in [-0.2, -0.15) is 0 Å². The number of nitrogens with zero attached hydrogens (tertiary/aromatic N) is 1. The molecule has 5 heteroatoms. The zero-order valence-electron chi connectivity index (χ0n) is 12.6. The fourth-order valence-electron chi connectivity index (χ4n) is 2.82. The maximum Gasteiger partial charge on any atom is 0.311 e. The van der Waals surface area contributed by atoms with Gasteiger partial charge in [0.1, 0.15) is 5.75 Å². The van der Waals surface area contributed by atoms with Gasteiger partial charge in [0.25, 0.3) is 5.91 Å². The Bertz CT molecular complexity index is 538. The van der Waals surface area contributed by atoms with Crippen LogP contribution in [0.2, 0.25) is 0 Å². The van der Waals surface area contributed by atoms with Crippen molar-refractivity contribution in [1.82, 2.24) is 4.90 Å². The third-order valence-corrected chi connectivity index (χ3v) is 4.46. The van der Waals surface area contributed by atoms with E-state index < -0.39 is 11.4 Å². The summed E-state index contributed by atoms with van der Waals surface area (Å²) in [5.41, 5.74) is -0.275. The van der Waals surface area contributed by atoms with E-state index in [1.165, 1.54) is 0 Å². The molecule has 1 aromatic carbocycles. The minimum Gasteiger partial charge on any atom is -0.497 e. The molecule has 0 aliphatic carbocycles. The smallest absolute Gasteiger partial charge is 0.311 e. The zero-order chi connectivity index (χ0) is 15.6. The summed E-state index contributed by atoms with van der Waals surface area (Å²) in [7, 11) is 1.57. The van der Waals surface area contributed by atoms with E-state index in [2.05, 4.69) is 0 Å². The Balaban J connectivity index is 2.16. The standard InChI is InChI=1S/C16H21NO4/c1-11(2)16(15(19)20)8-9-17(10-16)14(18)12-4-6-13(21-3)7-5-12/h4-7,11H,8-10H2,1-3H3,(H,19,20). The van der Waals surface area contributed by atoms with Gasteiger partial charge in [0.05, 0.1) is 12.5 Å². The Morgan fingerprint density at radius 2 is 1.90 bits per heavy atom. The van der Waals surface area contributed by atoms with Crippen molar-refractivity contribution in [2.45, 2.75) is 20.3 Å². The zero-order valence-corrected chi connectivity index (χ0v) is 12.6. The number of hydrogen-bond donors (Lipinski definition) is 1. The largest absolute Gasteiger partial charge is 0.497 e. The molecular formula is C16H21NO4. The molecule has 1 heterocycles. The van der Waals surface area contributed by atoms with Crippen LogP contribution in [0.5, 0.6) is 5.75 Å². The van der Waals surface area contributed by atoms with Crippen molar-refractivity contribution in [2.24, 2.45) is 11.3 Å². The highest BCUT2D eigenvalue weighted by molar-refractivity contribution is 5.95. The van der Waals surface area contributed by atoms with Crippen molar-refractivity contribution >= 4 is 11.9 Å². The Morgan fingerprint density at radius 1 is 1.29 bits per heavy atom. The highest BCUT2D eigenvalue weighted by atomic mass is 16.5. The molecule has 1 unspecified atom stereocenters. The molecule has 2 rings (SSSR count). The van der Waals surface area contributed by atoms with Crippen molar-refractivity contribution < 1.29 is 19.4 Å². The summed E-state index contributed by atoms with van der Waals surface area (Å²) in [6.45, 7) is 4.55. The topological polar surface area (TPSA) is 66.8 Å². The SMILES string of the molecule is COc1ccc(C(=O)N2CCC(C(=O)O)(C(C)C)C2)cc1. The molecule has 1 fully saturated rings. The number of aliphatic carboxylic acids is 1. The Labute approximate surface area is 124 Å². The summed E-state index contributed by atoms with van der Waals surface area (Å²) >= 11 is 0. The first-order chi connectivity index (χ1) is 9.90. The van der Waals surface area contributed by atoms with Crippen LogP contribution in [0.3, 0.4) is 0 Å². The van der Waals surface area contributed by atoms with E-state index in [1.807, 2.05) is 13.8 Å². The molecule has 1 saturated heterocycles. The van der Waals surface area contributed by atoms with Crippen LogP contribution in [0, 0.1) is 11.3 Å². The molecule has 5 nitrogen and oxygen atoms in total. The summed E-state index contributed by atoms with van der Waals surface area (Å²) < 4.78 is 5.07. The van der Waals surface area contributed by atoms with Crippen LogP contribution >= 0.6 is 0 Å². The van der Waals surface area contributed by atoms with Gasteiger partial charge in [-0.15, -0.1) is 0 Å². The number of ether oxygens (including phenoxy) is 1. The van der Waals surface area contributed by atoms with Gasteiger partial charge in [-0.05, 0) is 36.6 Å². The number of methoxy groups -OCH3 is 1. The van der Waals surface area contributed by atoms with Gasteiger partial charge in [-0.1, -0.05) is 13.8 Å². The average Bonchev–Trinajstić information content (AvgIpc) is 2.93. The number of carbonyl (C=O) groups excluding carboxylic acids is 1. The maximum atomic E-state index is 12.5. The minimum atomic E-state index is -0.831. The second-order valence-electron chi connectivity index (χ2n) is 5.82. The van der Waals surface area contributed by atoms with Crippen LogP contribution in [0.4, 0.5) is 0 Å². The number of carbonyl (C=O) groups is 2. The van der Waals surface area contributed by atoms with E-state index in [4.69, 9.17) is 4.74 Å². The molecular weight excluding hydrogens is 270 g/mol. The van der Waals surface area contributed by atoms with Crippen LogP contribution < -0.4 is 4.74 Å². The van der Waals surface area contributed by atoms with Crippen LogP contribution in [0.15, 0.2) is 24.3 Å². The molecule has 0 saturated carbocycles. The van der Waals surface area contributed by atoms with Crippen molar-refractivity contribution in [1.29, 1.82) is 0 Å². The normalized spacial score (nSPS) is 21.6. The third kappa shape index (κ3) is 2.73. The van der Waals surface area contributed by atoms with Crippen LogP contribution in [-0.2, 0) is 4.79 Å². The van der Waals surface area contributed by atoms with Crippen LogP contribution in [0.1, 0.15) is 30.6 Å². The van der Waals surface area contributed by atoms with Crippen molar-refractivity contribution in [3.63, 3.8) is 0 Å². The molecule has 0 radical (unpaired) electrons. The van der Waals surface area contributed by atoms with E-state index in [9.17, 15) is 14.7 Å². The average molecular weight is 291 g/mol. The Morgan fingerprint density at radius 3 is 2.33 bits per heavy atom. The van der Waals surface area contributed by atoms with E-state index in [1.54, 1.807) is 36.3 Å². The molecule has 0 spiro atoms. The lowest BCUT2D eigenvalue weighted by molar-refractivity contribution is -0.150. The minimum absolute atomic E-state index is 0.0105. The summed E-state index contributed by atoms with van der Waals surface area (Å²) in [5, 5.41) is 9.52. The van der Waals surface area contributed by atoms with Gasteiger partial charge in [-0.3, -0.25) is 9.59 Å². The number of benzene rings is 1. The number of likely N-dealkylation sites (tertiary alicyclic amines) is 1. The molecule has 114 valence electrons. The van der Waals surface area contributed by atoms with Gasteiger partial charge in [0.15, 0.2) is 0 Å². The van der Waals surface area contributed by atoms with Gasteiger partial charge in [-0.25, -0.2) is 0 Å². The number of hydrogen-bond acceptors (Lipinski definition) is 3. The summed E-state index contributed by atoms with van der Waals surface area (Å²) in [6, 6.07) is 6.88. The summed E-state index contributed by atoms with van der Waals surface area (Å²) in [6.07, 6.45) is 0.502. The quantitative estimate of drug-likeness (QED) is 0.924. The van der Waals surface area contributed by atoms with Crippen molar-refractivity contribution in [3.8, 4) is 5.75 Å². The van der Waals surface area contributed by atoms with E-state index >= 15 is 0 Å². The Hall–Kier alpha value is -2.04. The molecule has 1 atom stereocenters. The second-order valence-corrected chi connectivity index (χ2v) is 5.82.